The van der Waals surface area contributed by atoms with Gasteiger partial charge in [-0.2, -0.15) is 8.42 Å². The maximum Gasteiger partial charge on any atom is 0.358 e. The van der Waals surface area contributed by atoms with Crippen molar-refractivity contribution in [3.05, 3.63) is 41.5 Å². The second-order valence-corrected chi connectivity index (χ2v) is 12.2. The van der Waals surface area contributed by atoms with Gasteiger partial charge in [0.2, 0.25) is 27.8 Å². The number of carbonyl (C=O) groups is 3. The number of nitrogens with one attached hydrogen (secondary N) is 2. The van der Waals surface area contributed by atoms with Crippen LogP contribution in [0.5, 0.6) is 5.75 Å². The number of nitrogens with two attached hydrogens (primary N) is 1. The van der Waals surface area contributed by atoms with E-state index in [1.165, 1.54) is 19.3 Å². The normalized spacial score (nSPS) is 22.7. The summed E-state index contributed by atoms with van der Waals surface area (Å²) < 4.78 is 31.9. The summed E-state index contributed by atoms with van der Waals surface area (Å²) in [5, 5.41) is 2.81. The molecule has 228 valence electrons. The molecule has 0 bridgehead atoms. The minimum absolute atomic E-state index is 0.0142. The molecule has 0 spiro atoms. The van der Waals surface area contributed by atoms with Gasteiger partial charge in [0.05, 0.1) is 17.7 Å². The van der Waals surface area contributed by atoms with Gasteiger partial charge in [0.25, 0.3) is 0 Å². The zero-order valence-corrected chi connectivity index (χ0v) is 25.6. The van der Waals surface area contributed by atoms with Crippen LogP contribution in [-0.4, -0.2) is 58.1 Å². The highest BCUT2D eigenvalue weighted by Gasteiger charge is 2.58. The molecule has 2 aliphatic rings. The van der Waals surface area contributed by atoms with Gasteiger partial charge in [0.1, 0.15) is 4.86 Å². The number of rotatable bonds is 9. The first-order valence-electron chi connectivity index (χ1n) is 14.7. The average molecular weight is 600 g/mol. The van der Waals surface area contributed by atoms with E-state index in [1.54, 1.807) is 6.07 Å². The average Bonchev–Trinajstić information content (AvgIpc) is 3.63. The van der Waals surface area contributed by atoms with Crippen molar-refractivity contribution in [2.75, 3.05) is 11.9 Å². The Bertz CT molecular complexity index is 1470. The smallest absolute Gasteiger partial charge is 0.358 e. The van der Waals surface area contributed by atoms with Crippen LogP contribution in [0, 0.1) is 12.8 Å². The number of anilines is 1. The molecule has 1 aliphatic carbocycles. The Morgan fingerprint density at radius 1 is 1.21 bits per heavy atom. The van der Waals surface area contributed by atoms with Crippen LogP contribution in [0.15, 0.2) is 24.5 Å². The molecule has 12 heteroatoms. The molecule has 4 N–H and O–H groups in total. The van der Waals surface area contributed by atoms with Crippen molar-refractivity contribution < 1.29 is 27.5 Å². The van der Waals surface area contributed by atoms with Gasteiger partial charge in [-0.1, -0.05) is 45.2 Å². The van der Waals surface area contributed by atoms with E-state index < -0.39 is 39.7 Å². The molecule has 1 aliphatic heterocycles. The van der Waals surface area contributed by atoms with Crippen LogP contribution < -0.4 is 15.8 Å². The fraction of sp³-hybridized carbons (Fsp3) is 0.567. The number of aromatic nitrogens is 2. The predicted molar refractivity (Wildman–Crippen MR) is 160 cm³/mol. The maximum atomic E-state index is 14.2. The number of unbranched alkanes of at least 4 members (excludes halogenated alkanes) is 1. The number of H-pyrrole nitrogens is 1. The second kappa shape index (κ2) is 13.2. The van der Waals surface area contributed by atoms with Crippen LogP contribution >= 0.6 is 0 Å². The largest absolute Gasteiger partial charge is 0.421 e. The maximum absolute atomic E-state index is 14.2. The van der Waals surface area contributed by atoms with Crippen molar-refractivity contribution in [2.24, 2.45) is 11.7 Å². The lowest BCUT2D eigenvalue weighted by Gasteiger charge is -2.48. The third kappa shape index (κ3) is 6.00. The Morgan fingerprint density at radius 2 is 1.93 bits per heavy atom. The summed E-state index contributed by atoms with van der Waals surface area (Å²) in [6, 6.07) is 5.17. The summed E-state index contributed by atoms with van der Waals surface area (Å²) in [4.78, 5) is 48.4. The zero-order valence-electron chi connectivity index (χ0n) is 24.7. The van der Waals surface area contributed by atoms with Gasteiger partial charge in [-0.3, -0.25) is 15.3 Å². The van der Waals surface area contributed by atoms with Crippen molar-refractivity contribution in [3.63, 3.8) is 0 Å². The zero-order chi connectivity index (χ0) is 30.6. The lowest BCUT2D eigenvalue weighted by Crippen LogP contribution is -2.74. The lowest BCUT2D eigenvalue weighted by molar-refractivity contribution is -0.153. The molecule has 3 unspecified atom stereocenters. The Kier molecular flexibility index (Phi) is 9.88. The number of likely N-dealkylation sites (tertiary alicyclic amines) is 1. The first kappa shape index (κ1) is 31.4. The summed E-state index contributed by atoms with van der Waals surface area (Å²) in [5.74, 6) is -2.88. The Hall–Kier alpha value is -3.51. The van der Waals surface area contributed by atoms with Crippen molar-refractivity contribution >= 4 is 38.6 Å². The molecule has 1 aromatic carbocycles. The van der Waals surface area contributed by atoms with E-state index in [2.05, 4.69) is 15.3 Å². The number of imidazole rings is 1. The van der Waals surface area contributed by atoms with Gasteiger partial charge < -0.3 is 19.9 Å². The molecular formula is C30H41N5O6S. The first-order chi connectivity index (χ1) is 20.0. The van der Waals surface area contributed by atoms with Gasteiger partial charge >= 0.3 is 5.97 Å². The number of aryl methyl sites for hydroxylation is 1. The Morgan fingerprint density at radius 3 is 2.50 bits per heavy atom. The number of hydrogen-bond acceptors (Lipinski definition) is 8. The van der Waals surface area contributed by atoms with E-state index in [1.807, 2.05) is 26.8 Å². The number of piperidine rings is 1. The molecular weight excluding hydrogens is 558 g/mol. The molecule has 2 heterocycles. The van der Waals surface area contributed by atoms with Crippen LogP contribution in [0.1, 0.15) is 101 Å². The second-order valence-electron chi connectivity index (χ2n) is 11.3. The molecule has 3 atom stereocenters. The van der Waals surface area contributed by atoms with E-state index >= 15 is 0 Å². The van der Waals surface area contributed by atoms with Crippen LogP contribution in [0.3, 0.4) is 0 Å². The molecule has 4 rings (SSSR count). The number of hydrogen-bond donors (Lipinski definition) is 3. The fourth-order valence-corrected chi connectivity index (χ4v) is 7.50. The Labute approximate surface area is 248 Å². The summed E-state index contributed by atoms with van der Waals surface area (Å²) >= 11 is 0. The molecule has 0 radical (unpaired) electrons. The van der Waals surface area contributed by atoms with Gasteiger partial charge in [0, 0.05) is 37.4 Å². The highest BCUT2D eigenvalue weighted by molar-refractivity contribution is 7.73. The quantitative estimate of drug-likeness (QED) is 0.223. The third-order valence-electron chi connectivity index (χ3n) is 8.56. The fourth-order valence-electron chi connectivity index (χ4n) is 6.48. The number of nitrogens with zero attached hydrogens (tertiary/aromatic N) is 2. The number of benzene rings is 1. The van der Waals surface area contributed by atoms with Crippen molar-refractivity contribution in [2.45, 2.75) is 96.6 Å². The Balaban J connectivity index is 1.84. The predicted octanol–water partition coefficient (Wildman–Crippen LogP) is 3.79. The third-order valence-corrected chi connectivity index (χ3v) is 9.53. The van der Waals surface area contributed by atoms with Gasteiger partial charge in [0.15, 0.2) is 5.75 Å². The summed E-state index contributed by atoms with van der Waals surface area (Å²) in [5.41, 5.74) is 6.99. The number of ether oxygens (including phenoxy) is 1. The van der Waals surface area contributed by atoms with E-state index in [0.717, 1.165) is 48.3 Å². The number of esters is 1. The SMILES string of the molecule is CCCCC(=O)N1CC(c2nc[nH]c2C)C(CC)C(=S(=O)=O)C1(N)C(=O)Oc1cccc(C2CCCC2)c1NC(C)=O. The molecule has 1 aromatic heterocycles. The molecule has 11 nitrogen and oxygen atoms in total. The molecule has 1 saturated carbocycles. The molecule has 42 heavy (non-hydrogen) atoms. The molecule has 2 aromatic rings. The summed E-state index contributed by atoms with van der Waals surface area (Å²) in [6.45, 7) is 6.92. The van der Waals surface area contributed by atoms with Crippen molar-refractivity contribution in [1.82, 2.24) is 14.9 Å². The molecule has 1 saturated heterocycles. The molecule has 2 amide bonds. The number of para-hydroxylation sites is 1. The van der Waals surface area contributed by atoms with Crippen LogP contribution in [0.4, 0.5) is 5.69 Å². The lowest BCUT2D eigenvalue weighted by atomic mass is 9.75. The van der Waals surface area contributed by atoms with Crippen LogP contribution in [-0.2, 0) is 24.7 Å². The van der Waals surface area contributed by atoms with Crippen molar-refractivity contribution in [1.29, 1.82) is 0 Å². The van der Waals surface area contributed by atoms with Gasteiger partial charge in [-0.25, -0.2) is 9.78 Å². The minimum Gasteiger partial charge on any atom is -0.421 e. The molecule has 2 fully saturated rings. The monoisotopic (exact) mass is 599 g/mol. The van der Waals surface area contributed by atoms with Crippen LogP contribution in [0.25, 0.3) is 0 Å². The topological polar surface area (TPSA) is 165 Å². The minimum atomic E-state index is -2.94. The van der Waals surface area contributed by atoms with Gasteiger partial charge in [-0.15, -0.1) is 0 Å². The summed E-state index contributed by atoms with van der Waals surface area (Å²) in [6.07, 6.45) is 7.17. The van der Waals surface area contributed by atoms with E-state index in [4.69, 9.17) is 10.5 Å². The van der Waals surface area contributed by atoms with Gasteiger partial charge in [-0.05, 0) is 50.2 Å². The standard InChI is InChI=1S/C30H41N5O6S/c1-5-7-15-25(37)35-16-23(26-18(3)32-17-33-26)21(6-2)28(42(39)40)30(35,31)29(38)41-24-14-10-13-22(20-11-8-9-12-20)27(24)34-19(4)36/h10,13-14,17,20-21,23H,5-9,11-12,15-16,31H2,1-4H3,(H,32,33)(H,34,36). The number of amides is 2. The number of carbonyl (C=O) groups excluding carboxylic acids is 3. The van der Waals surface area contributed by atoms with Crippen molar-refractivity contribution in [3.8, 4) is 5.75 Å². The number of aromatic amines is 1. The van der Waals surface area contributed by atoms with E-state index in [0.29, 0.717) is 24.2 Å². The van der Waals surface area contributed by atoms with E-state index in [-0.39, 0.29) is 35.4 Å². The van der Waals surface area contributed by atoms with Crippen LogP contribution in [0.2, 0.25) is 0 Å². The summed E-state index contributed by atoms with van der Waals surface area (Å²) in [7, 11) is -2.94. The highest BCUT2D eigenvalue weighted by Crippen LogP contribution is 2.43. The van der Waals surface area contributed by atoms with E-state index in [9.17, 15) is 22.8 Å². The highest BCUT2D eigenvalue weighted by atomic mass is 32.2. The first-order valence-corrected chi connectivity index (χ1v) is 15.8.